The Morgan fingerprint density at radius 3 is 2.43 bits per heavy atom. The van der Waals surface area contributed by atoms with Crippen LogP contribution in [-0.2, 0) is 4.74 Å². The third kappa shape index (κ3) is 4.68. The monoisotopic (exact) mass is 322 g/mol. The molecule has 2 heterocycles. The van der Waals surface area contributed by atoms with E-state index >= 15 is 0 Å². The molecule has 1 saturated heterocycles. The third-order valence-electron chi connectivity index (χ3n) is 5.62. The van der Waals surface area contributed by atoms with Crippen LogP contribution in [0.15, 0.2) is 24.3 Å². The molecule has 2 rings (SSSR count). The molecule has 2 aliphatic rings. The van der Waals surface area contributed by atoms with Gasteiger partial charge in [0, 0.05) is 0 Å². The second-order valence-corrected chi connectivity index (χ2v) is 8.55. The van der Waals surface area contributed by atoms with Gasteiger partial charge in [-0.2, -0.15) is 0 Å². The zero-order chi connectivity index (χ0) is 17.3. The van der Waals surface area contributed by atoms with Crippen molar-refractivity contribution in [3.8, 4) is 0 Å². The van der Waals surface area contributed by atoms with Crippen molar-refractivity contribution in [2.75, 3.05) is 0 Å². The molecule has 0 aromatic heterocycles. The van der Waals surface area contributed by atoms with Crippen LogP contribution in [0.1, 0.15) is 66.7 Å². The van der Waals surface area contributed by atoms with E-state index in [4.69, 9.17) is 4.74 Å². The molecule has 2 aliphatic heterocycles. The van der Waals surface area contributed by atoms with E-state index < -0.39 is 17.3 Å². The first-order valence-corrected chi connectivity index (χ1v) is 9.03. The Kier molecular flexibility index (Phi) is 5.44. The fourth-order valence-electron chi connectivity index (χ4n) is 3.77. The van der Waals surface area contributed by atoms with E-state index in [1.165, 1.54) is 0 Å². The molecule has 23 heavy (non-hydrogen) atoms. The van der Waals surface area contributed by atoms with Crippen molar-refractivity contribution in [2.45, 2.75) is 89.6 Å². The fourth-order valence-corrected chi connectivity index (χ4v) is 3.77. The molecule has 3 heteroatoms. The van der Waals surface area contributed by atoms with E-state index in [1.54, 1.807) is 0 Å². The number of hydrogen-bond acceptors (Lipinski definition) is 3. The second kappa shape index (κ2) is 6.70. The Balaban J connectivity index is 2.31. The van der Waals surface area contributed by atoms with Crippen LogP contribution in [0.2, 0.25) is 0 Å². The Morgan fingerprint density at radius 1 is 1.09 bits per heavy atom. The summed E-state index contributed by atoms with van der Waals surface area (Å²) in [6.45, 7) is 10.4. The maximum Gasteiger partial charge on any atom is 0.0924 e. The lowest BCUT2D eigenvalue weighted by molar-refractivity contribution is -0.209. The zero-order valence-corrected chi connectivity index (χ0v) is 15.4. The van der Waals surface area contributed by atoms with E-state index in [2.05, 4.69) is 32.9 Å². The maximum absolute atomic E-state index is 10.5. The molecule has 1 fully saturated rings. The molecular weight excluding hydrogens is 288 g/mol. The van der Waals surface area contributed by atoms with E-state index in [9.17, 15) is 10.2 Å². The van der Waals surface area contributed by atoms with Gasteiger partial charge in [-0.15, -0.1) is 0 Å². The van der Waals surface area contributed by atoms with Crippen molar-refractivity contribution in [3.05, 3.63) is 24.3 Å². The quantitative estimate of drug-likeness (QED) is 0.718. The summed E-state index contributed by atoms with van der Waals surface area (Å²) in [7, 11) is 0. The van der Waals surface area contributed by atoms with Crippen LogP contribution in [0, 0.1) is 11.8 Å². The van der Waals surface area contributed by atoms with Gasteiger partial charge in [0.2, 0.25) is 0 Å². The molecule has 0 aliphatic carbocycles. The van der Waals surface area contributed by atoms with Gasteiger partial charge >= 0.3 is 0 Å². The van der Waals surface area contributed by atoms with Crippen molar-refractivity contribution >= 4 is 0 Å². The first-order valence-electron chi connectivity index (χ1n) is 9.03. The zero-order valence-electron chi connectivity index (χ0n) is 15.4. The number of aliphatic hydroxyl groups excluding tert-OH is 1. The number of allylic oxidation sites excluding steroid dienone is 1. The number of aliphatic hydroxyl groups is 2. The van der Waals surface area contributed by atoms with E-state index in [-0.39, 0.29) is 5.60 Å². The van der Waals surface area contributed by atoms with Crippen LogP contribution in [0.25, 0.3) is 0 Å². The van der Waals surface area contributed by atoms with Crippen molar-refractivity contribution in [2.24, 2.45) is 11.8 Å². The number of hydrogen-bond donors (Lipinski definition) is 2. The molecule has 0 radical (unpaired) electrons. The molecule has 132 valence electrons. The van der Waals surface area contributed by atoms with Gasteiger partial charge in [-0.05, 0) is 64.7 Å². The predicted octanol–water partition coefficient (Wildman–Crippen LogP) is 3.99. The van der Waals surface area contributed by atoms with Crippen molar-refractivity contribution < 1.29 is 14.9 Å². The summed E-state index contributed by atoms with van der Waals surface area (Å²) in [5, 5.41) is 21.0. The van der Waals surface area contributed by atoms with Gasteiger partial charge in [0.15, 0.2) is 0 Å². The first kappa shape index (κ1) is 18.7. The van der Waals surface area contributed by atoms with Crippen LogP contribution >= 0.6 is 0 Å². The molecular formula is C20H34O3. The molecule has 0 saturated carbocycles. The number of fused-ring (bicyclic) bond motifs is 2. The number of rotatable bonds is 1. The number of ether oxygens (including phenoxy) is 1. The summed E-state index contributed by atoms with van der Waals surface area (Å²) in [6.07, 6.45) is 11.7. The lowest BCUT2D eigenvalue weighted by Gasteiger charge is -2.47. The lowest BCUT2D eigenvalue weighted by Crippen LogP contribution is -2.53. The van der Waals surface area contributed by atoms with Gasteiger partial charge < -0.3 is 14.9 Å². The molecule has 2 N–H and O–H groups in total. The Hall–Kier alpha value is -0.640. The standard InChI is InChI=1S/C20H34O3/c1-15(2)16-7-12-18(3,22)10-6-11-19(4)13-9-17(21)20(5,23-19)14-8-16/h6-7,11-12,15-17,21-22H,8-10,13-14H2,1-5H3. The maximum atomic E-state index is 10.5. The highest BCUT2D eigenvalue weighted by atomic mass is 16.5. The Bertz CT molecular complexity index is 466. The first-order chi connectivity index (χ1) is 10.6. The third-order valence-corrected chi connectivity index (χ3v) is 5.62. The SMILES string of the molecule is CC(C)C1C=CC(C)(O)CC=CC2(C)CCC(O)C(C)(CC1)O2. The molecule has 3 nitrogen and oxygen atoms in total. The topological polar surface area (TPSA) is 49.7 Å². The van der Waals surface area contributed by atoms with Gasteiger partial charge in [-0.3, -0.25) is 0 Å². The predicted molar refractivity (Wildman–Crippen MR) is 94.2 cm³/mol. The summed E-state index contributed by atoms with van der Waals surface area (Å²) in [5.41, 5.74) is -1.68. The van der Waals surface area contributed by atoms with Crippen LogP contribution < -0.4 is 0 Å². The summed E-state index contributed by atoms with van der Waals surface area (Å²) < 4.78 is 6.40. The van der Waals surface area contributed by atoms with E-state index in [0.29, 0.717) is 18.3 Å². The molecule has 0 aromatic carbocycles. The van der Waals surface area contributed by atoms with Crippen LogP contribution in [-0.4, -0.2) is 33.1 Å². The molecule has 0 spiro atoms. The summed E-state index contributed by atoms with van der Waals surface area (Å²) in [6, 6.07) is 0. The van der Waals surface area contributed by atoms with Gasteiger partial charge in [0.05, 0.1) is 22.9 Å². The second-order valence-electron chi connectivity index (χ2n) is 8.55. The van der Waals surface area contributed by atoms with Crippen LogP contribution in [0.4, 0.5) is 0 Å². The Labute approximate surface area is 141 Å². The van der Waals surface area contributed by atoms with Gasteiger partial charge in [0.25, 0.3) is 0 Å². The summed E-state index contributed by atoms with van der Waals surface area (Å²) in [4.78, 5) is 0. The molecule has 0 aromatic rings. The minimum atomic E-state index is -0.823. The van der Waals surface area contributed by atoms with Crippen molar-refractivity contribution in [1.82, 2.24) is 0 Å². The molecule has 5 atom stereocenters. The molecule has 0 amide bonds. The van der Waals surface area contributed by atoms with Crippen molar-refractivity contribution in [3.63, 3.8) is 0 Å². The fraction of sp³-hybridized carbons (Fsp3) is 0.800. The molecule has 5 unspecified atom stereocenters. The lowest BCUT2D eigenvalue weighted by atomic mass is 9.78. The van der Waals surface area contributed by atoms with Gasteiger partial charge in [0.1, 0.15) is 0 Å². The normalized spacial score (nSPS) is 45.6. The molecule has 2 bridgehead atoms. The highest BCUT2D eigenvalue weighted by Crippen LogP contribution is 2.41. The summed E-state index contributed by atoms with van der Waals surface area (Å²) >= 11 is 0. The van der Waals surface area contributed by atoms with E-state index in [0.717, 1.165) is 25.7 Å². The van der Waals surface area contributed by atoms with E-state index in [1.807, 2.05) is 26.0 Å². The largest absolute Gasteiger partial charge is 0.390 e. The average molecular weight is 322 g/mol. The van der Waals surface area contributed by atoms with Gasteiger partial charge in [-0.1, -0.05) is 38.2 Å². The minimum Gasteiger partial charge on any atom is -0.390 e. The smallest absolute Gasteiger partial charge is 0.0924 e. The van der Waals surface area contributed by atoms with Crippen LogP contribution in [0.5, 0.6) is 0 Å². The minimum absolute atomic E-state index is 0.361. The van der Waals surface area contributed by atoms with Crippen LogP contribution in [0.3, 0.4) is 0 Å². The highest BCUT2D eigenvalue weighted by molar-refractivity contribution is 5.11. The Morgan fingerprint density at radius 2 is 1.78 bits per heavy atom. The average Bonchev–Trinajstić information content (AvgIpc) is 2.41. The van der Waals surface area contributed by atoms with Crippen molar-refractivity contribution in [1.29, 1.82) is 0 Å². The summed E-state index contributed by atoms with van der Waals surface area (Å²) in [5.74, 6) is 0.877. The van der Waals surface area contributed by atoms with Gasteiger partial charge in [-0.25, -0.2) is 0 Å². The highest BCUT2D eigenvalue weighted by Gasteiger charge is 2.45.